The molecule has 2 unspecified atom stereocenters. The first-order valence-electron chi connectivity index (χ1n) is 23.8. The van der Waals surface area contributed by atoms with Crippen molar-refractivity contribution in [3.8, 4) is 0 Å². The monoisotopic (exact) mass is 861 g/mol. The summed E-state index contributed by atoms with van der Waals surface area (Å²) in [6.07, 6.45) is 57.6. The van der Waals surface area contributed by atoms with E-state index in [4.69, 9.17) is 18.5 Å². The zero-order valence-corrected chi connectivity index (χ0v) is 40.1. The minimum Gasteiger partial charge on any atom is -0.457 e. The van der Waals surface area contributed by atoms with Crippen LogP contribution in [0.25, 0.3) is 0 Å². The zero-order chi connectivity index (χ0) is 44.1. The standard InChI is InChI=1S/C51H90NO7P/c1-6-8-10-12-14-16-18-20-22-23-24-25-26-27-28-29-30-32-34-36-38-40-42-44-51(53)59-50(49-58-60(54,55)57-47-45-52(3,4)5)48-56-46-43-41-39-37-35-33-31-21-19-17-15-13-11-9-7-2/h8,10,14,16,19-22,24-25,27-28,30,32,50H,6-7,9,11-13,15,17-18,23,26,29,31,33-49H2,1-5H3/p+1/b10-8-,16-14-,21-19-,22-20-,25-24-,28-27-,32-30-. The fraction of sp³-hybridized carbons (Fsp3) is 0.706. The van der Waals surface area contributed by atoms with Crippen LogP contribution in [0.4, 0.5) is 0 Å². The third-order valence-electron chi connectivity index (χ3n) is 9.69. The molecule has 0 spiro atoms. The van der Waals surface area contributed by atoms with E-state index in [2.05, 4.69) is 98.9 Å². The van der Waals surface area contributed by atoms with Gasteiger partial charge in [0.25, 0.3) is 0 Å². The lowest BCUT2D eigenvalue weighted by Gasteiger charge is -2.24. The van der Waals surface area contributed by atoms with Crippen LogP contribution in [-0.2, 0) is 27.9 Å². The van der Waals surface area contributed by atoms with Gasteiger partial charge >= 0.3 is 13.8 Å². The molecule has 0 aromatic carbocycles. The highest BCUT2D eigenvalue weighted by Gasteiger charge is 2.26. The number of rotatable bonds is 43. The average Bonchev–Trinajstić information content (AvgIpc) is 3.20. The number of phosphoric acid groups is 1. The maximum atomic E-state index is 12.7. The van der Waals surface area contributed by atoms with Gasteiger partial charge in [-0.05, 0) is 89.9 Å². The molecule has 0 bridgehead atoms. The fourth-order valence-corrected chi connectivity index (χ4v) is 6.76. The number of quaternary nitrogens is 1. The van der Waals surface area contributed by atoms with Crippen molar-refractivity contribution in [1.82, 2.24) is 0 Å². The van der Waals surface area contributed by atoms with Gasteiger partial charge in [0.1, 0.15) is 19.3 Å². The largest absolute Gasteiger partial charge is 0.472 e. The number of hydrogen-bond acceptors (Lipinski definition) is 6. The van der Waals surface area contributed by atoms with E-state index >= 15 is 0 Å². The second-order valence-corrected chi connectivity index (χ2v) is 18.2. The second kappa shape index (κ2) is 43.3. The SMILES string of the molecule is CC/C=C\C/C=C\C/C=C\C/C=C\C/C=C\C/C=C\CCCCCCC(=O)OC(COCCCCCCCC/C=C\CCCCCCC)COP(=O)(O)OCC[N+](C)(C)C. The fourth-order valence-electron chi connectivity index (χ4n) is 6.02. The molecule has 9 heteroatoms. The second-order valence-electron chi connectivity index (χ2n) is 16.8. The number of allylic oxidation sites excluding steroid dienone is 14. The summed E-state index contributed by atoms with van der Waals surface area (Å²) in [6, 6.07) is 0. The van der Waals surface area contributed by atoms with Gasteiger partial charge in [-0.2, -0.15) is 0 Å². The number of unbranched alkanes of at least 4 members (excludes halogenated alkanes) is 15. The summed E-state index contributed by atoms with van der Waals surface area (Å²) < 4.78 is 35.0. The van der Waals surface area contributed by atoms with Crippen LogP contribution in [0.15, 0.2) is 85.1 Å². The van der Waals surface area contributed by atoms with Crippen LogP contribution >= 0.6 is 7.82 Å². The first kappa shape index (κ1) is 57.7. The Balaban J connectivity index is 4.28. The van der Waals surface area contributed by atoms with Crippen LogP contribution in [-0.4, -0.2) is 75.6 Å². The summed E-state index contributed by atoms with van der Waals surface area (Å²) >= 11 is 0. The number of carbonyl (C=O) groups excluding carboxylic acids is 1. The Morgan fingerprint density at radius 1 is 0.533 bits per heavy atom. The Labute approximate surface area is 369 Å². The topological polar surface area (TPSA) is 91.3 Å². The van der Waals surface area contributed by atoms with Crippen molar-refractivity contribution in [1.29, 1.82) is 0 Å². The predicted molar refractivity (Wildman–Crippen MR) is 256 cm³/mol. The molecule has 0 saturated heterocycles. The molecule has 0 aromatic heterocycles. The third-order valence-corrected chi connectivity index (χ3v) is 10.7. The first-order chi connectivity index (χ1) is 29.1. The molecule has 8 nitrogen and oxygen atoms in total. The highest BCUT2D eigenvalue weighted by molar-refractivity contribution is 7.47. The maximum absolute atomic E-state index is 12.7. The Morgan fingerprint density at radius 3 is 1.47 bits per heavy atom. The lowest BCUT2D eigenvalue weighted by atomic mass is 10.1. The quantitative estimate of drug-likeness (QED) is 0.0215. The van der Waals surface area contributed by atoms with Crippen molar-refractivity contribution in [2.24, 2.45) is 0 Å². The molecular formula is C51H91NO7P+. The van der Waals surface area contributed by atoms with Gasteiger partial charge in [-0.25, -0.2) is 4.57 Å². The van der Waals surface area contributed by atoms with Gasteiger partial charge in [-0.1, -0.05) is 163 Å². The minimum absolute atomic E-state index is 0.0776. The van der Waals surface area contributed by atoms with Crippen molar-refractivity contribution < 1.29 is 37.3 Å². The first-order valence-corrected chi connectivity index (χ1v) is 25.3. The van der Waals surface area contributed by atoms with Crippen molar-refractivity contribution in [3.05, 3.63) is 85.1 Å². The summed E-state index contributed by atoms with van der Waals surface area (Å²) in [5, 5.41) is 0. The predicted octanol–water partition coefficient (Wildman–Crippen LogP) is 14.4. The van der Waals surface area contributed by atoms with Crippen LogP contribution in [0.5, 0.6) is 0 Å². The molecule has 0 fully saturated rings. The lowest BCUT2D eigenvalue weighted by Crippen LogP contribution is -2.37. The summed E-state index contributed by atoms with van der Waals surface area (Å²) in [5.74, 6) is -0.343. The van der Waals surface area contributed by atoms with Crippen LogP contribution in [0, 0.1) is 0 Å². The lowest BCUT2D eigenvalue weighted by molar-refractivity contribution is -0.870. The van der Waals surface area contributed by atoms with E-state index in [1.807, 2.05) is 21.1 Å². The molecule has 0 aliphatic rings. The van der Waals surface area contributed by atoms with Gasteiger partial charge in [-0.3, -0.25) is 13.8 Å². The highest BCUT2D eigenvalue weighted by atomic mass is 31.2. The van der Waals surface area contributed by atoms with E-state index < -0.39 is 13.9 Å². The van der Waals surface area contributed by atoms with Crippen LogP contribution in [0.2, 0.25) is 0 Å². The molecule has 0 rings (SSSR count). The molecule has 346 valence electrons. The van der Waals surface area contributed by atoms with Gasteiger partial charge in [0.15, 0.2) is 0 Å². The molecule has 60 heavy (non-hydrogen) atoms. The zero-order valence-electron chi connectivity index (χ0n) is 39.2. The molecule has 0 saturated carbocycles. The van der Waals surface area contributed by atoms with E-state index in [-0.39, 0.29) is 25.8 Å². The van der Waals surface area contributed by atoms with E-state index in [0.717, 1.165) is 83.5 Å². The number of nitrogens with zero attached hydrogens (tertiary/aromatic N) is 1. The molecule has 0 aliphatic heterocycles. The van der Waals surface area contributed by atoms with Crippen LogP contribution in [0.1, 0.15) is 174 Å². The Morgan fingerprint density at radius 2 is 0.967 bits per heavy atom. The Kier molecular flexibility index (Phi) is 41.7. The summed E-state index contributed by atoms with van der Waals surface area (Å²) in [5.41, 5.74) is 0. The van der Waals surface area contributed by atoms with E-state index in [0.29, 0.717) is 24.1 Å². The number of likely N-dealkylation sites (N-methyl/N-ethyl adjacent to an activating group) is 1. The van der Waals surface area contributed by atoms with E-state index in [9.17, 15) is 14.3 Å². The average molecular weight is 861 g/mol. The molecule has 0 heterocycles. The molecule has 0 aliphatic carbocycles. The van der Waals surface area contributed by atoms with Crippen LogP contribution < -0.4 is 0 Å². The molecule has 0 amide bonds. The summed E-state index contributed by atoms with van der Waals surface area (Å²) in [4.78, 5) is 22.9. The summed E-state index contributed by atoms with van der Waals surface area (Å²) in [6.45, 7) is 5.43. The van der Waals surface area contributed by atoms with E-state index in [1.165, 1.54) is 70.6 Å². The van der Waals surface area contributed by atoms with Crippen LogP contribution in [0.3, 0.4) is 0 Å². The highest BCUT2D eigenvalue weighted by Crippen LogP contribution is 2.43. The van der Waals surface area contributed by atoms with Crippen molar-refractivity contribution in [3.63, 3.8) is 0 Å². The van der Waals surface area contributed by atoms with Gasteiger partial charge in [-0.15, -0.1) is 0 Å². The number of ether oxygens (including phenoxy) is 2. The Bertz CT molecular complexity index is 1230. The third kappa shape index (κ3) is 46.7. The van der Waals surface area contributed by atoms with Gasteiger partial charge in [0.2, 0.25) is 0 Å². The molecule has 1 N–H and O–H groups in total. The van der Waals surface area contributed by atoms with Crippen molar-refractivity contribution >= 4 is 13.8 Å². The molecule has 0 radical (unpaired) electrons. The number of carbonyl (C=O) groups is 1. The normalized spacial score (nSPS) is 14.4. The number of esters is 1. The van der Waals surface area contributed by atoms with E-state index in [1.54, 1.807) is 0 Å². The van der Waals surface area contributed by atoms with Crippen molar-refractivity contribution in [2.45, 2.75) is 180 Å². The summed E-state index contributed by atoms with van der Waals surface area (Å²) in [7, 11) is 1.63. The number of hydrogen-bond donors (Lipinski definition) is 1. The smallest absolute Gasteiger partial charge is 0.457 e. The maximum Gasteiger partial charge on any atom is 0.472 e. The Hall–Kier alpha value is -2.32. The molecule has 0 aromatic rings. The number of phosphoric ester groups is 1. The van der Waals surface area contributed by atoms with Gasteiger partial charge < -0.3 is 18.9 Å². The minimum atomic E-state index is -4.29. The molecule has 2 atom stereocenters. The van der Waals surface area contributed by atoms with Crippen molar-refractivity contribution in [2.75, 3.05) is 54.1 Å². The van der Waals surface area contributed by atoms with Gasteiger partial charge in [0, 0.05) is 13.0 Å². The van der Waals surface area contributed by atoms with Gasteiger partial charge in [0.05, 0.1) is 34.4 Å². The molecular weight excluding hydrogens is 770 g/mol.